The fourth-order valence-corrected chi connectivity index (χ4v) is 6.49. The number of nitrogens with one attached hydrogen (secondary N) is 3. The van der Waals surface area contributed by atoms with E-state index in [9.17, 15) is 14.7 Å². The number of urea groups is 1. The SMILES string of the molecule is COC(=O)C1=C(C(O)NC2CCN(C(=O)NCc3cccnc3)CC2)C2C=CC1(C(Cc1ccccc1)Nc1ccccc1)O2. The number of aromatic nitrogens is 1. The number of fused-ring (bicyclic) bond motifs is 2. The van der Waals surface area contributed by atoms with Crippen molar-refractivity contribution in [2.75, 3.05) is 25.5 Å². The average molecular weight is 610 g/mol. The van der Waals surface area contributed by atoms with Crippen LogP contribution in [0, 0.1) is 0 Å². The zero-order valence-corrected chi connectivity index (χ0v) is 25.3. The Hall–Kier alpha value is -4.51. The number of piperidine rings is 1. The number of likely N-dealkylation sites (tertiary alicyclic amines) is 1. The summed E-state index contributed by atoms with van der Waals surface area (Å²) in [6.07, 6.45) is 7.40. The topological polar surface area (TPSA) is 125 Å². The van der Waals surface area contributed by atoms with E-state index >= 15 is 0 Å². The second kappa shape index (κ2) is 13.6. The van der Waals surface area contributed by atoms with E-state index in [1.807, 2.05) is 84.9 Å². The van der Waals surface area contributed by atoms with Gasteiger partial charge in [0.2, 0.25) is 0 Å². The first-order valence-corrected chi connectivity index (χ1v) is 15.4. The quantitative estimate of drug-likeness (QED) is 0.148. The summed E-state index contributed by atoms with van der Waals surface area (Å²) in [6.45, 7) is 1.49. The van der Waals surface area contributed by atoms with Crippen LogP contribution in [0.15, 0.2) is 108 Å². The molecular weight excluding hydrogens is 570 g/mol. The van der Waals surface area contributed by atoms with E-state index in [0.29, 0.717) is 50.0 Å². The minimum Gasteiger partial charge on any atom is -0.466 e. The highest BCUT2D eigenvalue weighted by atomic mass is 16.5. The number of pyridine rings is 1. The largest absolute Gasteiger partial charge is 0.466 e. The number of anilines is 1. The Bertz CT molecular complexity index is 1480. The van der Waals surface area contributed by atoms with Crippen LogP contribution in [0.4, 0.5) is 10.5 Å². The van der Waals surface area contributed by atoms with E-state index in [0.717, 1.165) is 16.8 Å². The lowest BCUT2D eigenvalue weighted by Crippen LogP contribution is -2.51. The summed E-state index contributed by atoms with van der Waals surface area (Å²) in [5.41, 5.74) is 2.53. The fraction of sp³-hybridized carbons (Fsp3) is 0.343. The summed E-state index contributed by atoms with van der Waals surface area (Å²) in [5.74, 6) is -0.536. The van der Waals surface area contributed by atoms with Crippen LogP contribution in [0.1, 0.15) is 24.0 Å². The van der Waals surface area contributed by atoms with Crippen LogP contribution >= 0.6 is 0 Å². The molecule has 0 saturated carbocycles. The summed E-state index contributed by atoms with van der Waals surface area (Å²) in [6, 6.07) is 23.0. The van der Waals surface area contributed by atoms with Crippen LogP contribution in [0.5, 0.6) is 0 Å². The third kappa shape index (κ3) is 6.63. The van der Waals surface area contributed by atoms with Gasteiger partial charge in [0.1, 0.15) is 17.9 Å². The molecule has 234 valence electrons. The van der Waals surface area contributed by atoms with Crippen molar-refractivity contribution in [1.82, 2.24) is 20.5 Å². The van der Waals surface area contributed by atoms with Gasteiger partial charge < -0.3 is 30.1 Å². The molecule has 45 heavy (non-hydrogen) atoms. The standard InChI is InChI=1S/C35H39N5O5/c1-44-33(42)31-30(32(41)39-27-15-19-40(20-16-27)34(43)37-23-25-11-8-18-36-22-25)28-14-17-35(31,45-28)29(21-24-9-4-2-5-10-24)38-26-12-6-3-7-13-26/h2-14,17-18,22,27-29,32,38-39,41H,15-16,19-21,23H2,1H3,(H,37,43). The van der Waals surface area contributed by atoms with Crippen molar-refractivity contribution in [1.29, 1.82) is 0 Å². The molecule has 2 bridgehead atoms. The van der Waals surface area contributed by atoms with Crippen molar-refractivity contribution >= 4 is 17.7 Å². The molecule has 3 aliphatic rings. The smallest absolute Gasteiger partial charge is 0.337 e. The van der Waals surface area contributed by atoms with Crippen molar-refractivity contribution in [3.63, 3.8) is 0 Å². The Morgan fingerprint density at radius 3 is 2.44 bits per heavy atom. The Balaban J connectivity index is 1.18. The predicted octanol–water partition coefficient (Wildman–Crippen LogP) is 3.56. The van der Waals surface area contributed by atoms with Gasteiger partial charge in [0.25, 0.3) is 0 Å². The second-order valence-corrected chi connectivity index (χ2v) is 11.6. The predicted molar refractivity (Wildman–Crippen MR) is 170 cm³/mol. The molecule has 3 aromatic rings. The number of carbonyl (C=O) groups is 2. The van der Waals surface area contributed by atoms with Gasteiger partial charge in [0.05, 0.1) is 18.7 Å². The number of hydrogen-bond donors (Lipinski definition) is 4. The maximum absolute atomic E-state index is 13.5. The number of hydrogen-bond acceptors (Lipinski definition) is 8. The van der Waals surface area contributed by atoms with Gasteiger partial charge in [-0.2, -0.15) is 0 Å². The summed E-state index contributed by atoms with van der Waals surface area (Å²) >= 11 is 0. The minimum atomic E-state index is -1.16. The summed E-state index contributed by atoms with van der Waals surface area (Å²) in [5, 5.41) is 21.5. The Morgan fingerprint density at radius 1 is 1.04 bits per heavy atom. The number of ether oxygens (including phenoxy) is 2. The normalized spacial score (nSPS) is 22.3. The third-order valence-corrected chi connectivity index (χ3v) is 8.77. The lowest BCUT2D eigenvalue weighted by Gasteiger charge is -2.36. The number of esters is 1. The summed E-state index contributed by atoms with van der Waals surface area (Å²) < 4.78 is 11.9. The van der Waals surface area contributed by atoms with Gasteiger partial charge in [-0.25, -0.2) is 9.59 Å². The Morgan fingerprint density at radius 2 is 1.76 bits per heavy atom. The van der Waals surface area contributed by atoms with Gasteiger partial charge in [-0.3, -0.25) is 10.3 Å². The van der Waals surface area contributed by atoms with E-state index in [-0.39, 0.29) is 18.1 Å². The number of benzene rings is 2. The van der Waals surface area contributed by atoms with Gasteiger partial charge in [-0.15, -0.1) is 0 Å². The van der Waals surface area contributed by atoms with E-state index in [1.165, 1.54) is 7.11 Å². The molecule has 3 aliphatic heterocycles. The number of nitrogens with zero attached hydrogens (tertiary/aromatic N) is 2. The molecule has 6 rings (SSSR count). The molecule has 4 atom stereocenters. The summed E-state index contributed by atoms with van der Waals surface area (Å²) in [7, 11) is 1.35. The van der Waals surface area contributed by atoms with E-state index in [1.54, 1.807) is 17.3 Å². The molecule has 10 heteroatoms. The molecule has 0 aliphatic carbocycles. The van der Waals surface area contributed by atoms with Crippen molar-refractivity contribution in [3.8, 4) is 0 Å². The molecule has 1 aromatic heterocycles. The van der Waals surface area contributed by atoms with Gasteiger partial charge in [0, 0.05) is 49.3 Å². The number of rotatable bonds is 11. The second-order valence-electron chi connectivity index (χ2n) is 11.6. The number of amides is 2. The Kier molecular flexibility index (Phi) is 9.25. The highest BCUT2D eigenvalue weighted by molar-refractivity contribution is 5.95. The molecule has 4 N–H and O–H groups in total. The van der Waals surface area contributed by atoms with Crippen molar-refractivity contribution < 1.29 is 24.2 Å². The number of aliphatic hydroxyl groups excluding tert-OH is 1. The van der Waals surface area contributed by atoms with Crippen LogP contribution in [0.2, 0.25) is 0 Å². The molecule has 10 nitrogen and oxygen atoms in total. The highest BCUT2D eigenvalue weighted by Gasteiger charge is 2.57. The monoisotopic (exact) mass is 609 g/mol. The molecule has 1 fully saturated rings. The fourth-order valence-electron chi connectivity index (χ4n) is 6.49. The molecule has 1 saturated heterocycles. The van der Waals surface area contributed by atoms with Crippen molar-refractivity contribution in [2.24, 2.45) is 0 Å². The van der Waals surface area contributed by atoms with Gasteiger partial charge in [-0.05, 0) is 54.7 Å². The molecule has 4 heterocycles. The van der Waals surface area contributed by atoms with Crippen LogP contribution in [0.3, 0.4) is 0 Å². The van der Waals surface area contributed by atoms with Crippen molar-refractivity contribution in [3.05, 3.63) is 120 Å². The highest BCUT2D eigenvalue weighted by Crippen LogP contribution is 2.48. The van der Waals surface area contributed by atoms with Crippen LogP contribution in [0.25, 0.3) is 0 Å². The molecular formula is C35H39N5O5. The first-order chi connectivity index (χ1) is 22.0. The molecule has 2 aromatic carbocycles. The lowest BCUT2D eigenvalue weighted by atomic mass is 9.78. The number of methoxy groups -OCH3 is 1. The number of aliphatic hydroxyl groups is 1. The first-order valence-electron chi connectivity index (χ1n) is 15.4. The molecule has 2 amide bonds. The van der Waals surface area contributed by atoms with Crippen LogP contribution in [-0.2, 0) is 27.2 Å². The number of para-hydroxylation sites is 1. The minimum absolute atomic E-state index is 0.0598. The van der Waals surface area contributed by atoms with Gasteiger partial charge in [0.15, 0.2) is 0 Å². The molecule has 0 radical (unpaired) electrons. The molecule has 0 spiro atoms. The lowest BCUT2D eigenvalue weighted by molar-refractivity contribution is -0.138. The molecule has 4 unspecified atom stereocenters. The number of carbonyl (C=O) groups excluding carboxylic acids is 2. The third-order valence-electron chi connectivity index (χ3n) is 8.77. The van der Waals surface area contributed by atoms with Crippen LogP contribution in [-0.4, -0.2) is 77.2 Å². The van der Waals surface area contributed by atoms with Crippen molar-refractivity contribution in [2.45, 2.75) is 55.8 Å². The zero-order chi connectivity index (χ0) is 31.2. The zero-order valence-electron chi connectivity index (χ0n) is 25.3. The van der Waals surface area contributed by atoms with E-state index in [2.05, 4.69) is 20.9 Å². The maximum atomic E-state index is 13.5. The van der Waals surface area contributed by atoms with Gasteiger partial charge >= 0.3 is 12.0 Å². The maximum Gasteiger partial charge on any atom is 0.337 e. The average Bonchev–Trinajstić information content (AvgIpc) is 3.67. The Labute approximate surface area is 263 Å². The first kappa shape index (κ1) is 30.5. The van der Waals surface area contributed by atoms with E-state index < -0.39 is 23.9 Å². The summed E-state index contributed by atoms with van der Waals surface area (Å²) in [4.78, 5) is 32.1. The van der Waals surface area contributed by atoms with E-state index in [4.69, 9.17) is 9.47 Å². The van der Waals surface area contributed by atoms with Gasteiger partial charge in [-0.1, -0.05) is 60.7 Å². The van der Waals surface area contributed by atoms with Crippen LogP contribution < -0.4 is 16.0 Å².